The fraction of sp³-hybridized carbons (Fsp3) is 0. The van der Waals surface area contributed by atoms with Gasteiger partial charge in [-0.3, -0.25) is 0 Å². The summed E-state index contributed by atoms with van der Waals surface area (Å²) in [5, 5.41) is 5.02. The van der Waals surface area contributed by atoms with Crippen LogP contribution in [0.1, 0.15) is 5.56 Å². The molecular weight excluding hydrogens is 187 g/mol. The zero-order valence-electron chi connectivity index (χ0n) is 8.40. The molecule has 0 fully saturated rings. The summed E-state index contributed by atoms with van der Waals surface area (Å²) in [7, 11) is 0. The monoisotopic (exact) mass is 199 g/mol. The molecule has 0 aromatic heterocycles. The van der Waals surface area contributed by atoms with Gasteiger partial charge in [-0.25, -0.2) is 0 Å². The van der Waals surface area contributed by atoms with Gasteiger partial charge in [-0.05, 0) is 40.1 Å². The third-order valence-electron chi connectivity index (χ3n) is 2.88. The average Bonchev–Trinajstić information content (AvgIpc) is 2.30. The molecule has 0 unspecified atom stereocenters. The maximum absolute atomic E-state index is 4.18. The second-order valence-corrected chi connectivity index (χ2v) is 3.80. The van der Waals surface area contributed by atoms with Gasteiger partial charge in [0.1, 0.15) is 0 Å². The first-order valence-electron chi connectivity index (χ1n) is 5.09. The van der Waals surface area contributed by atoms with Gasteiger partial charge in [0.05, 0.1) is 0 Å². The van der Waals surface area contributed by atoms with Crippen molar-refractivity contribution >= 4 is 40.4 Å². The normalized spacial score (nSPS) is 10.3. The van der Waals surface area contributed by atoms with Crippen molar-refractivity contribution in [2.75, 3.05) is 0 Å². The van der Waals surface area contributed by atoms with Crippen LogP contribution in [0.3, 0.4) is 0 Å². The molecule has 0 bridgehead atoms. The molecule has 3 aromatic carbocycles. The van der Waals surface area contributed by atoms with E-state index in [0.29, 0.717) is 0 Å². The van der Waals surface area contributed by atoms with Crippen LogP contribution in [0, 0.1) is 6.92 Å². The van der Waals surface area contributed by atoms with Crippen molar-refractivity contribution in [2.45, 2.75) is 0 Å². The number of rotatable bonds is 0. The summed E-state index contributed by atoms with van der Waals surface area (Å²) in [6, 6.07) is 19.0. The molecule has 0 atom stereocenters. The molecule has 0 nitrogen and oxygen atoms in total. The summed E-state index contributed by atoms with van der Waals surface area (Å²) in [6.07, 6.45) is 0. The van der Waals surface area contributed by atoms with Crippen LogP contribution >= 0.6 is 0 Å². The number of fused-ring (bicyclic) bond motifs is 2. The molecule has 16 heavy (non-hydrogen) atoms. The number of benzene rings is 3. The molecule has 3 aromatic rings. The number of hydrogen-bond acceptors (Lipinski definition) is 0. The topological polar surface area (TPSA) is 0 Å². The van der Waals surface area contributed by atoms with Crippen molar-refractivity contribution in [1.29, 1.82) is 0 Å². The van der Waals surface area contributed by atoms with E-state index in [-0.39, 0.29) is 18.9 Å². The van der Waals surface area contributed by atoms with E-state index in [1.54, 1.807) is 0 Å². The van der Waals surface area contributed by atoms with Crippen molar-refractivity contribution < 1.29 is 0 Å². The van der Waals surface area contributed by atoms with E-state index in [1.807, 2.05) is 0 Å². The van der Waals surface area contributed by atoms with Crippen molar-refractivity contribution in [2.24, 2.45) is 0 Å². The SMILES string of the molecule is [CH2]c1c2ccccc2cc2ccccc12.[LiH]. The van der Waals surface area contributed by atoms with Crippen molar-refractivity contribution in [3.63, 3.8) is 0 Å². The summed E-state index contributed by atoms with van der Waals surface area (Å²) in [4.78, 5) is 0. The Hall–Kier alpha value is -1.22. The first kappa shape index (κ1) is 11.3. The second-order valence-electron chi connectivity index (χ2n) is 3.80. The molecule has 0 saturated heterocycles. The minimum atomic E-state index is 0. The van der Waals surface area contributed by atoms with Crippen LogP contribution in [-0.2, 0) is 0 Å². The molecular formula is C15H12Li. The molecule has 0 aliphatic rings. The van der Waals surface area contributed by atoms with Gasteiger partial charge in [0, 0.05) is 0 Å². The Labute approximate surface area is 107 Å². The molecule has 0 aliphatic heterocycles. The van der Waals surface area contributed by atoms with E-state index in [1.165, 1.54) is 21.5 Å². The molecule has 0 amide bonds. The quantitative estimate of drug-likeness (QED) is 0.384. The average molecular weight is 199 g/mol. The van der Waals surface area contributed by atoms with Crippen LogP contribution in [-0.4, -0.2) is 18.9 Å². The van der Waals surface area contributed by atoms with Crippen molar-refractivity contribution in [3.8, 4) is 0 Å². The van der Waals surface area contributed by atoms with Gasteiger partial charge in [-0.15, -0.1) is 0 Å². The predicted molar refractivity (Wildman–Crippen MR) is 73.1 cm³/mol. The van der Waals surface area contributed by atoms with Crippen LogP contribution in [0.2, 0.25) is 0 Å². The molecule has 0 aliphatic carbocycles. The standard InChI is InChI=1S/C15H11.Li.H/c1-11-14-8-4-2-6-12(14)10-13-7-3-5-9-15(11)13;;/h2-10H,1H2;;. The summed E-state index contributed by atoms with van der Waals surface area (Å²) >= 11 is 0. The Bertz CT molecular complexity index is 587. The molecule has 1 heteroatoms. The van der Waals surface area contributed by atoms with Crippen LogP contribution < -0.4 is 0 Å². The minimum absolute atomic E-state index is 0. The van der Waals surface area contributed by atoms with Crippen LogP contribution in [0.15, 0.2) is 54.6 Å². The van der Waals surface area contributed by atoms with Crippen LogP contribution in [0.5, 0.6) is 0 Å². The Morgan fingerprint density at radius 1 is 0.688 bits per heavy atom. The second kappa shape index (κ2) is 4.34. The molecule has 0 spiro atoms. The fourth-order valence-electron chi connectivity index (χ4n) is 2.11. The molecule has 0 heterocycles. The van der Waals surface area contributed by atoms with Crippen LogP contribution in [0.25, 0.3) is 21.5 Å². The molecule has 3 rings (SSSR count). The first-order chi connectivity index (χ1) is 7.36. The zero-order chi connectivity index (χ0) is 10.3. The van der Waals surface area contributed by atoms with Crippen molar-refractivity contribution in [3.05, 3.63) is 67.1 Å². The molecule has 1 radical (unpaired) electrons. The Kier molecular flexibility index (Phi) is 3.05. The first-order valence-corrected chi connectivity index (χ1v) is 5.09. The Balaban J connectivity index is 0.000000963. The third-order valence-corrected chi connectivity index (χ3v) is 2.88. The predicted octanol–water partition coefficient (Wildman–Crippen LogP) is 3.53. The fourth-order valence-corrected chi connectivity index (χ4v) is 2.11. The summed E-state index contributed by atoms with van der Waals surface area (Å²) in [5.41, 5.74) is 1.13. The third kappa shape index (κ3) is 1.65. The summed E-state index contributed by atoms with van der Waals surface area (Å²) < 4.78 is 0. The zero-order valence-corrected chi connectivity index (χ0v) is 8.40. The van der Waals surface area contributed by atoms with E-state index in [9.17, 15) is 0 Å². The van der Waals surface area contributed by atoms with Crippen molar-refractivity contribution in [1.82, 2.24) is 0 Å². The van der Waals surface area contributed by atoms with Gasteiger partial charge in [0.2, 0.25) is 0 Å². The van der Waals surface area contributed by atoms with Gasteiger partial charge in [-0.1, -0.05) is 48.5 Å². The Morgan fingerprint density at radius 2 is 1.12 bits per heavy atom. The van der Waals surface area contributed by atoms with Gasteiger partial charge < -0.3 is 0 Å². The Morgan fingerprint density at radius 3 is 1.62 bits per heavy atom. The van der Waals surface area contributed by atoms with Gasteiger partial charge in [-0.2, -0.15) is 0 Å². The number of hydrogen-bond donors (Lipinski definition) is 0. The van der Waals surface area contributed by atoms with E-state index >= 15 is 0 Å². The van der Waals surface area contributed by atoms with E-state index < -0.39 is 0 Å². The molecule has 73 valence electrons. The molecule has 0 N–H and O–H groups in total. The van der Waals surface area contributed by atoms with Gasteiger partial charge in [0.25, 0.3) is 0 Å². The van der Waals surface area contributed by atoms with E-state index in [2.05, 4.69) is 61.5 Å². The van der Waals surface area contributed by atoms with E-state index in [0.717, 1.165) is 5.56 Å². The van der Waals surface area contributed by atoms with Crippen LogP contribution in [0.4, 0.5) is 0 Å². The van der Waals surface area contributed by atoms with E-state index in [4.69, 9.17) is 0 Å². The maximum atomic E-state index is 4.18. The van der Waals surface area contributed by atoms with Gasteiger partial charge in [0.15, 0.2) is 0 Å². The molecule has 0 saturated carbocycles. The summed E-state index contributed by atoms with van der Waals surface area (Å²) in [5.74, 6) is 0. The van der Waals surface area contributed by atoms with Gasteiger partial charge >= 0.3 is 18.9 Å². The summed E-state index contributed by atoms with van der Waals surface area (Å²) in [6.45, 7) is 4.18.